The molecule has 1 N–H and O–H groups in total. The Morgan fingerprint density at radius 1 is 1.31 bits per heavy atom. The summed E-state index contributed by atoms with van der Waals surface area (Å²) in [6.07, 6.45) is 0. The van der Waals surface area contributed by atoms with Crippen LogP contribution in [0.1, 0.15) is 26.3 Å². The summed E-state index contributed by atoms with van der Waals surface area (Å²) < 4.78 is 0. The predicted molar refractivity (Wildman–Crippen MR) is 70.1 cm³/mol. The minimum Gasteiger partial charge on any atom is -0.392 e. The number of hydrogen-bond acceptors (Lipinski definition) is 2. The highest BCUT2D eigenvalue weighted by atomic mass is 35.5. The monoisotopic (exact) mass is 241 g/mol. The van der Waals surface area contributed by atoms with Crippen LogP contribution in [-0.4, -0.2) is 18.7 Å². The number of halogens is 1. The maximum atomic E-state index is 9.30. The van der Waals surface area contributed by atoms with Crippen molar-refractivity contribution in [3.8, 4) is 0 Å². The van der Waals surface area contributed by atoms with Gasteiger partial charge in [-0.05, 0) is 11.5 Å². The van der Waals surface area contributed by atoms with Gasteiger partial charge in [0.25, 0.3) is 0 Å². The van der Waals surface area contributed by atoms with E-state index in [0.29, 0.717) is 5.02 Å². The Bertz CT molecular complexity index is 357. The van der Waals surface area contributed by atoms with Crippen molar-refractivity contribution in [1.82, 2.24) is 0 Å². The van der Waals surface area contributed by atoms with Crippen LogP contribution in [-0.2, 0) is 6.61 Å². The fraction of sp³-hybridized carbons (Fsp3) is 0.538. The van der Waals surface area contributed by atoms with Gasteiger partial charge < -0.3 is 10.0 Å². The molecule has 3 heteroatoms. The first-order valence-corrected chi connectivity index (χ1v) is 5.82. The van der Waals surface area contributed by atoms with E-state index in [1.807, 2.05) is 25.2 Å². The van der Waals surface area contributed by atoms with E-state index < -0.39 is 0 Å². The second-order valence-electron chi connectivity index (χ2n) is 5.32. The van der Waals surface area contributed by atoms with Crippen LogP contribution >= 0.6 is 11.6 Å². The second-order valence-corrected chi connectivity index (χ2v) is 5.73. The van der Waals surface area contributed by atoms with Crippen molar-refractivity contribution in [2.75, 3.05) is 18.5 Å². The SMILES string of the molecule is CN(CC(C)(C)C)c1c(Cl)cccc1CO. The van der Waals surface area contributed by atoms with Gasteiger partial charge in [0.2, 0.25) is 0 Å². The molecule has 0 aromatic heterocycles. The Labute approximate surface area is 103 Å². The summed E-state index contributed by atoms with van der Waals surface area (Å²) in [6.45, 7) is 7.45. The normalized spacial score (nSPS) is 11.6. The van der Waals surface area contributed by atoms with E-state index in [1.54, 1.807) is 0 Å². The predicted octanol–water partition coefficient (Wildman–Crippen LogP) is 3.31. The molecule has 0 radical (unpaired) electrons. The zero-order valence-corrected chi connectivity index (χ0v) is 11.2. The van der Waals surface area contributed by atoms with Crippen molar-refractivity contribution in [2.45, 2.75) is 27.4 Å². The maximum absolute atomic E-state index is 9.30. The van der Waals surface area contributed by atoms with E-state index in [4.69, 9.17) is 11.6 Å². The molecule has 2 nitrogen and oxygen atoms in total. The summed E-state index contributed by atoms with van der Waals surface area (Å²) in [5.41, 5.74) is 2.00. The Kier molecular flexibility index (Phi) is 4.22. The average molecular weight is 242 g/mol. The molecule has 1 aromatic rings. The molecule has 1 rings (SSSR count). The van der Waals surface area contributed by atoms with Crippen LogP contribution in [0.4, 0.5) is 5.69 Å². The Hall–Kier alpha value is -0.730. The number of hydrogen-bond donors (Lipinski definition) is 1. The minimum atomic E-state index is 0.0182. The number of nitrogens with zero attached hydrogens (tertiary/aromatic N) is 1. The number of rotatable bonds is 3. The van der Waals surface area contributed by atoms with E-state index in [1.165, 1.54) is 0 Å². The van der Waals surface area contributed by atoms with Crippen molar-refractivity contribution in [3.63, 3.8) is 0 Å². The lowest BCUT2D eigenvalue weighted by Crippen LogP contribution is -2.30. The molecule has 0 saturated carbocycles. The zero-order valence-electron chi connectivity index (χ0n) is 10.4. The van der Waals surface area contributed by atoms with Crippen LogP contribution in [0.15, 0.2) is 18.2 Å². The van der Waals surface area contributed by atoms with Gasteiger partial charge in [-0.2, -0.15) is 0 Å². The molecule has 0 aliphatic carbocycles. The standard InChI is InChI=1S/C13H20ClNO/c1-13(2,3)9-15(4)12-10(8-16)6-5-7-11(12)14/h5-7,16H,8-9H2,1-4H3. The number of benzene rings is 1. The fourth-order valence-corrected chi connectivity index (χ4v) is 2.24. The Morgan fingerprint density at radius 2 is 1.94 bits per heavy atom. The summed E-state index contributed by atoms with van der Waals surface area (Å²) >= 11 is 6.18. The van der Waals surface area contributed by atoms with Crippen LogP contribution in [0.2, 0.25) is 5.02 Å². The molecule has 0 fully saturated rings. The average Bonchev–Trinajstić information content (AvgIpc) is 2.14. The smallest absolute Gasteiger partial charge is 0.0702 e. The molecular formula is C13H20ClNO. The fourth-order valence-electron chi connectivity index (χ4n) is 1.91. The summed E-state index contributed by atoms with van der Waals surface area (Å²) in [4.78, 5) is 2.11. The topological polar surface area (TPSA) is 23.5 Å². The lowest BCUT2D eigenvalue weighted by molar-refractivity contribution is 0.281. The lowest BCUT2D eigenvalue weighted by Gasteiger charge is -2.30. The van der Waals surface area contributed by atoms with Crippen molar-refractivity contribution in [3.05, 3.63) is 28.8 Å². The molecule has 0 heterocycles. The summed E-state index contributed by atoms with van der Waals surface area (Å²) in [5.74, 6) is 0. The molecule has 0 atom stereocenters. The molecule has 0 spiro atoms. The summed E-state index contributed by atoms with van der Waals surface area (Å²) in [5, 5.41) is 10.00. The number of aliphatic hydroxyl groups is 1. The summed E-state index contributed by atoms with van der Waals surface area (Å²) in [6, 6.07) is 5.62. The molecule has 90 valence electrons. The minimum absolute atomic E-state index is 0.0182. The van der Waals surface area contributed by atoms with Crippen molar-refractivity contribution >= 4 is 17.3 Å². The van der Waals surface area contributed by atoms with Gasteiger partial charge in [-0.3, -0.25) is 0 Å². The highest BCUT2D eigenvalue weighted by Gasteiger charge is 2.17. The van der Waals surface area contributed by atoms with E-state index in [2.05, 4.69) is 25.7 Å². The van der Waals surface area contributed by atoms with Crippen LogP contribution in [0.25, 0.3) is 0 Å². The largest absolute Gasteiger partial charge is 0.392 e. The van der Waals surface area contributed by atoms with Gasteiger partial charge in [0.05, 0.1) is 17.3 Å². The van der Waals surface area contributed by atoms with Crippen LogP contribution < -0.4 is 4.90 Å². The number of aliphatic hydroxyl groups excluding tert-OH is 1. The van der Waals surface area contributed by atoms with Crippen molar-refractivity contribution in [1.29, 1.82) is 0 Å². The first-order valence-electron chi connectivity index (χ1n) is 5.44. The second kappa shape index (κ2) is 5.07. The van der Waals surface area contributed by atoms with Gasteiger partial charge in [-0.15, -0.1) is 0 Å². The molecule has 0 aliphatic rings. The van der Waals surface area contributed by atoms with E-state index in [9.17, 15) is 5.11 Å². The molecule has 0 unspecified atom stereocenters. The van der Waals surface area contributed by atoms with Crippen LogP contribution in [0.3, 0.4) is 0 Å². The Balaban J connectivity index is 3.02. The third-order valence-corrected chi connectivity index (χ3v) is 2.64. The van der Waals surface area contributed by atoms with Gasteiger partial charge in [0, 0.05) is 19.2 Å². The summed E-state index contributed by atoms with van der Waals surface area (Å²) in [7, 11) is 2.01. The third kappa shape index (κ3) is 3.39. The highest BCUT2D eigenvalue weighted by molar-refractivity contribution is 6.33. The van der Waals surface area contributed by atoms with E-state index in [-0.39, 0.29) is 12.0 Å². The molecule has 0 bridgehead atoms. The molecule has 0 saturated heterocycles. The Morgan fingerprint density at radius 3 is 2.44 bits per heavy atom. The van der Waals surface area contributed by atoms with Crippen molar-refractivity contribution in [2.24, 2.45) is 5.41 Å². The first-order chi connectivity index (χ1) is 7.35. The number of para-hydroxylation sites is 1. The van der Waals surface area contributed by atoms with E-state index in [0.717, 1.165) is 17.8 Å². The first kappa shape index (κ1) is 13.3. The highest BCUT2D eigenvalue weighted by Crippen LogP contribution is 2.31. The molecular weight excluding hydrogens is 222 g/mol. The van der Waals surface area contributed by atoms with Crippen molar-refractivity contribution < 1.29 is 5.11 Å². The lowest BCUT2D eigenvalue weighted by atomic mass is 9.96. The van der Waals surface area contributed by atoms with Crippen LogP contribution in [0.5, 0.6) is 0 Å². The molecule has 0 aliphatic heterocycles. The zero-order chi connectivity index (χ0) is 12.3. The third-order valence-electron chi connectivity index (χ3n) is 2.33. The number of anilines is 1. The van der Waals surface area contributed by atoms with Gasteiger partial charge in [-0.1, -0.05) is 44.5 Å². The van der Waals surface area contributed by atoms with Gasteiger partial charge in [0.1, 0.15) is 0 Å². The quantitative estimate of drug-likeness (QED) is 0.878. The maximum Gasteiger partial charge on any atom is 0.0702 e. The van der Waals surface area contributed by atoms with Gasteiger partial charge in [-0.25, -0.2) is 0 Å². The van der Waals surface area contributed by atoms with E-state index >= 15 is 0 Å². The van der Waals surface area contributed by atoms with Crippen LogP contribution in [0, 0.1) is 5.41 Å². The van der Waals surface area contributed by atoms with Gasteiger partial charge >= 0.3 is 0 Å². The molecule has 16 heavy (non-hydrogen) atoms. The molecule has 1 aromatic carbocycles. The van der Waals surface area contributed by atoms with Gasteiger partial charge in [0.15, 0.2) is 0 Å². The molecule has 0 amide bonds.